The Labute approximate surface area is 113 Å². The minimum atomic E-state index is 0.0348. The van der Waals surface area contributed by atoms with Crippen LogP contribution in [0.5, 0.6) is 5.88 Å². The number of nitrogens with zero attached hydrogens (tertiary/aromatic N) is 2. The molecule has 2 bridgehead atoms. The number of nitrogens with one attached hydrogen (secondary N) is 1. The van der Waals surface area contributed by atoms with Crippen molar-refractivity contribution in [1.29, 1.82) is 0 Å². The fourth-order valence-electron chi connectivity index (χ4n) is 2.93. The SMILES string of the molecule is COc1ccc(C)c(C(=O)N2CC3CCC2CN3)n1. The smallest absolute Gasteiger partial charge is 0.273 e. The zero-order chi connectivity index (χ0) is 13.4. The van der Waals surface area contributed by atoms with Gasteiger partial charge in [0.15, 0.2) is 0 Å². The molecular weight excluding hydrogens is 242 g/mol. The summed E-state index contributed by atoms with van der Waals surface area (Å²) in [4.78, 5) is 18.9. The van der Waals surface area contributed by atoms with E-state index >= 15 is 0 Å². The van der Waals surface area contributed by atoms with Crippen LogP contribution in [0.1, 0.15) is 28.9 Å². The summed E-state index contributed by atoms with van der Waals surface area (Å²) >= 11 is 0. The van der Waals surface area contributed by atoms with E-state index in [1.165, 1.54) is 6.42 Å². The molecule has 4 rings (SSSR count). The van der Waals surface area contributed by atoms with Gasteiger partial charge in [-0.3, -0.25) is 4.79 Å². The topological polar surface area (TPSA) is 54.5 Å². The van der Waals surface area contributed by atoms with Crippen LogP contribution in [0.4, 0.5) is 0 Å². The Kier molecular flexibility index (Phi) is 3.14. The number of carbonyl (C=O) groups excluding carboxylic acids is 1. The zero-order valence-corrected chi connectivity index (χ0v) is 11.3. The number of piperazine rings is 1. The van der Waals surface area contributed by atoms with E-state index in [1.807, 2.05) is 17.9 Å². The summed E-state index contributed by atoms with van der Waals surface area (Å²) in [6, 6.07) is 4.43. The van der Waals surface area contributed by atoms with Gasteiger partial charge in [0.25, 0.3) is 5.91 Å². The molecule has 0 aliphatic carbocycles. The van der Waals surface area contributed by atoms with Crippen molar-refractivity contribution < 1.29 is 9.53 Å². The first-order chi connectivity index (χ1) is 9.19. The van der Waals surface area contributed by atoms with Crippen LogP contribution >= 0.6 is 0 Å². The Bertz CT molecular complexity index is 495. The summed E-state index contributed by atoms with van der Waals surface area (Å²) in [6.07, 6.45) is 2.26. The standard InChI is InChI=1S/C14H19N3O2/c1-9-3-6-12(19-2)16-13(9)14(18)17-8-10-4-5-11(17)7-15-10/h3,6,10-11,15H,4-5,7-8H2,1-2H3. The molecule has 0 aromatic carbocycles. The van der Waals surface area contributed by atoms with E-state index in [2.05, 4.69) is 10.3 Å². The van der Waals surface area contributed by atoms with Crippen LogP contribution in [0.3, 0.4) is 0 Å². The third-order valence-electron chi connectivity index (χ3n) is 4.09. The summed E-state index contributed by atoms with van der Waals surface area (Å²) in [6.45, 7) is 3.61. The fourth-order valence-corrected chi connectivity index (χ4v) is 2.93. The van der Waals surface area contributed by atoms with Crippen LogP contribution in [0, 0.1) is 6.92 Å². The monoisotopic (exact) mass is 261 g/mol. The maximum Gasteiger partial charge on any atom is 0.273 e. The highest BCUT2D eigenvalue weighted by Crippen LogP contribution is 2.25. The second-order valence-electron chi connectivity index (χ2n) is 5.31. The molecule has 3 aliphatic heterocycles. The van der Waals surface area contributed by atoms with Gasteiger partial charge in [-0.1, -0.05) is 6.07 Å². The van der Waals surface area contributed by atoms with Gasteiger partial charge >= 0.3 is 0 Å². The molecule has 102 valence electrons. The number of hydrogen-bond acceptors (Lipinski definition) is 4. The van der Waals surface area contributed by atoms with Crippen molar-refractivity contribution >= 4 is 5.91 Å². The molecule has 4 heterocycles. The largest absolute Gasteiger partial charge is 0.481 e. The van der Waals surface area contributed by atoms with E-state index in [1.54, 1.807) is 13.2 Å². The number of aryl methyl sites for hydroxylation is 1. The molecule has 2 atom stereocenters. The maximum absolute atomic E-state index is 12.7. The minimum absolute atomic E-state index is 0.0348. The Balaban J connectivity index is 1.87. The number of hydrogen-bond donors (Lipinski definition) is 1. The molecule has 19 heavy (non-hydrogen) atoms. The molecule has 5 heteroatoms. The third kappa shape index (κ3) is 2.18. The summed E-state index contributed by atoms with van der Waals surface area (Å²) in [5.74, 6) is 0.529. The summed E-state index contributed by atoms with van der Waals surface area (Å²) in [5, 5.41) is 3.45. The molecule has 0 saturated carbocycles. The zero-order valence-electron chi connectivity index (χ0n) is 11.3. The first-order valence-electron chi connectivity index (χ1n) is 6.75. The molecule has 0 spiro atoms. The van der Waals surface area contributed by atoms with Crippen molar-refractivity contribution in [2.24, 2.45) is 0 Å². The van der Waals surface area contributed by atoms with Gasteiger partial charge < -0.3 is 15.0 Å². The second-order valence-corrected chi connectivity index (χ2v) is 5.31. The average Bonchev–Trinajstić information content (AvgIpc) is 2.48. The Morgan fingerprint density at radius 3 is 2.89 bits per heavy atom. The van der Waals surface area contributed by atoms with Gasteiger partial charge in [-0.15, -0.1) is 0 Å². The highest BCUT2D eigenvalue weighted by atomic mass is 16.5. The summed E-state index contributed by atoms with van der Waals surface area (Å²) in [7, 11) is 1.57. The first kappa shape index (κ1) is 12.4. The number of pyridine rings is 1. The molecule has 3 aliphatic rings. The number of aromatic nitrogens is 1. The Morgan fingerprint density at radius 1 is 1.47 bits per heavy atom. The van der Waals surface area contributed by atoms with Gasteiger partial charge in [0.1, 0.15) is 5.69 Å². The van der Waals surface area contributed by atoms with Gasteiger partial charge in [-0.25, -0.2) is 4.98 Å². The van der Waals surface area contributed by atoms with E-state index in [4.69, 9.17) is 4.74 Å². The number of ether oxygens (including phenoxy) is 1. The van der Waals surface area contributed by atoms with Crippen molar-refractivity contribution in [3.8, 4) is 5.88 Å². The number of carbonyl (C=O) groups is 1. The fraction of sp³-hybridized carbons (Fsp3) is 0.571. The first-order valence-corrected chi connectivity index (χ1v) is 6.75. The van der Waals surface area contributed by atoms with E-state index in [0.717, 1.165) is 25.1 Å². The molecule has 2 unspecified atom stereocenters. The van der Waals surface area contributed by atoms with E-state index in [9.17, 15) is 4.79 Å². The highest BCUT2D eigenvalue weighted by molar-refractivity contribution is 5.94. The van der Waals surface area contributed by atoms with Crippen molar-refractivity contribution in [2.75, 3.05) is 20.2 Å². The molecule has 5 nitrogen and oxygen atoms in total. The molecule has 3 saturated heterocycles. The van der Waals surface area contributed by atoms with Crippen LogP contribution in [-0.2, 0) is 0 Å². The molecule has 1 aromatic rings. The third-order valence-corrected chi connectivity index (χ3v) is 4.09. The van der Waals surface area contributed by atoms with Crippen molar-refractivity contribution in [3.05, 3.63) is 23.4 Å². The average molecular weight is 261 g/mol. The molecular formula is C14H19N3O2. The van der Waals surface area contributed by atoms with Gasteiger partial charge in [0.05, 0.1) is 7.11 Å². The molecule has 1 amide bonds. The lowest BCUT2D eigenvalue weighted by Gasteiger charge is -2.45. The molecule has 3 fully saturated rings. The highest BCUT2D eigenvalue weighted by Gasteiger charge is 2.37. The predicted octanol–water partition coefficient (Wildman–Crippen LogP) is 0.975. The van der Waals surface area contributed by atoms with Crippen LogP contribution in [0.2, 0.25) is 0 Å². The number of amides is 1. The number of piperidine rings is 2. The van der Waals surface area contributed by atoms with E-state index in [0.29, 0.717) is 23.7 Å². The van der Waals surface area contributed by atoms with Crippen molar-refractivity contribution in [3.63, 3.8) is 0 Å². The number of methoxy groups -OCH3 is 1. The van der Waals surface area contributed by atoms with Gasteiger partial charge in [-0.05, 0) is 25.3 Å². The Morgan fingerprint density at radius 2 is 2.32 bits per heavy atom. The lowest BCUT2D eigenvalue weighted by atomic mass is 9.92. The van der Waals surface area contributed by atoms with E-state index in [-0.39, 0.29) is 5.91 Å². The van der Waals surface area contributed by atoms with Crippen molar-refractivity contribution in [2.45, 2.75) is 31.8 Å². The quantitative estimate of drug-likeness (QED) is 0.862. The molecule has 1 N–H and O–H groups in total. The summed E-state index contributed by atoms with van der Waals surface area (Å²) < 4.78 is 5.12. The lowest BCUT2D eigenvalue weighted by Crippen LogP contribution is -2.62. The maximum atomic E-state index is 12.7. The van der Waals surface area contributed by atoms with Gasteiger partial charge in [0, 0.05) is 31.2 Å². The summed E-state index contributed by atoms with van der Waals surface area (Å²) in [5.41, 5.74) is 1.42. The van der Waals surface area contributed by atoms with Gasteiger partial charge in [0.2, 0.25) is 5.88 Å². The minimum Gasteiger partial charge on any atom is -0.481 e. The van der Waals surface area contributed by atoms with Gasteiger partial charge in [-0.2, -0.15) is 0 Å². The molecule has 0 radical (unpaired) electrons. The van der Waals surface area contributed by atoms with E-state index < -0.39 is 0 Å². The number of rotatable bonds is 2. The molecule has 1 aromatic heterocycles. The van der Waals surface area contributed by atoms with Crippen LogP contribution in [0.15, 0.2) is 12.1 Å². The van der Waals surface area contributed by atoms with Crippen LogP contribution < -0.4 is 10.1 Å². The van der Waals surface area contributed by atoms with Crippen LogP contribution in [0.25, 0.3) is 0 Å². The van der Waals surface area contributed by atoms with Crippen LogP contribution in [-0.4, -0.2) is 48.1 Å². The predicted molar refractivity (Wildman–Crippen MR) is 71.4 cm³/mol. The number of fused-ring (bicyclic) bond motifs is 3. The lowest BCUT2D eigenvalue weighted by molar-refractivity contribution is 0.0433. The Hall–Kier alpha value is -1.62. The normalized spacial score (nSPS) is 25.5. The van der Waals surface area contributed by atoms with Crippen molar-refractivity contribution in [1.82, 2.24) is 15.2 Å². The second kappa shape index (κ2) is 4.81.